The molecule has 14 N–H and O–H groups in total. The summed E-state index contributed by atoms with van der Waals surface area (Å²) in [6, 6.07) is -3.77. The number of phenols is 1. The highest BCUT2D eigenvalue weighted by molar-refractivity contribution is 5.97. The van der Waals surface area contributed by atoms with Crippen LogP contribution in [0.5, 0.6) is 5.75 Å². The van der Waals surface area contributed by atoms with Gasteiger partial charge in [-0.1, -0.05) is 60.1 Å². The van der Waals surface area contributed by atoms with E-state index in [2.05, 4.69) is 41.9 Å². The van der Waals surface area contributed by atoms with E-state index < -0.39 is 114 Å². The smallest absolute Gasteiger partial charge is 0.326 e. The first-order valence-corrected chi connectivity index (χ1v) is 21.6. The number of nitrogens with one attached hydrogen (secondary N) is 7. The number of carboxylic acid groups (broad SMARTS) is 2. The summed E-state index contributed by atoms with van der Waals surface area (Å²) < 4.78 is 0. The topological polar surface area (TPSA) is 367 Å². The predicted octanol–water partition coefficient (Wildman–Crippen LogP) is -0.510. The highest BCUT2D eigenvalue weighted by Crippen LogP contribution is 2.15. The van der Waals surface area contributed by atoms with Crippen molar-refractivity contribution < 1.29 is 58.5 Å². The molecule has 0 saturated heterocycles. The number of amides is 7. The van der Waals surface area contributed by atoms with Gasteiger partial charge in [0.25, 0.3) is 0 Å². The molecule has 1 heterocycles. The molecule has 65 heavy (non-hydrogen) atoms. The molecule has 0 spiro atoms. The average Bonchev–Trinajstić information content (AvgIpc) is 3.74. The number of nitrogens with two attached hydrogens (primary N) is 2. The molecule has 1 aromatic heterocycles. The Morgan fingerprint density at radius 2 is 1.14 bits per heavy atom. The van der Waals surface area contributed by atoms with Crippen molar-refractivity contribution in [3.05, 3.63) is 48.0 Å². The fraction of sp³-hybridized carbons (Fsp3) is 0.581. The van der Waals surface area contributed by atoms with Crippen LogP contribution in [-0.2, 0) is 56.0 Å². The predicted molar refractivity (Wildman–Crippen MR) is 235 cm³/mol. The fourth-order valence-corrected chi connectivity index (χ4v) is 6.62. The number of primary amides is 1. The van der Waals surface area contributed by atoms with E-state index in [1.165, 1.54) is 36.8 Å². The van der Waals surface area contributed by atoms with Crippen LogP contribution in [0, 0.1) is 17.8 Å². The lowest BCUT2D eigenvalue weighted by atomic mass is 9.96. The number of aromatic nitrogens is 2. The highest BCUT2D eigenvalue weighted by atomic mass is 16.4. The third kappa shape index (κ3) is 19.8. The molecule has 0 radical (unpaired) electrons. The molecule has 22 nitrogen and oxygen atoms in total. The van der Waals surface area contributed by atoms with Crippen LogP contribution >= 0.6 is 0 Å². The van der Waals surface area contributed by atoms with Gasteiger partial charge in [0.15, 0.2) is 0 Å². The molecule has 0 bridgehead atoms. The second-order valence-corrected chi connectivity index (χ2v) is 17.0. The van der Waals surface area contributed by atoms with Crippen LogP contribution in [0.25, 0.3) is 0 Å². The van der Waals surface area contributed by atoms with Crippen molar-refractivity contribution in [1.29, 1.82) is 0 Å². The first kappa shape index (κ1) is 54.6. The van der Waals surface area contributed by atoms with Crippen molar-refractivity contribution in [3.63, 3.8) is 0 Å². The van der Waals surface area contributed by atoms with E-state index in [1.807, 2.05) is 13.8 Å². The van der Waals surface area contributed by atoms with E-state index in [4.69, 9.17) is 11.5 Å². The van der Waals surface area contributed by atoms with Crippen molar-refractivity contribution in [2.45, 2.75) is 142 Å². The SMILES string of the molecule is CC[C@H](C)[C@H](NC(=O)[C@H](CCC(N)=O)NC(=O)[C@H](CCC(=O)O)NC(=O)[C@@H](N)CC(C)C)C(=O)N[C@@H](Cc1ccc(O)cc1)C(=O)N[C@@H](Cc1cnc[nH]1)C(=O)N[C@@H](CC(C)C)C(=O)O. The maximum Gasteiger partial charge on any atom is 0.326 e. The number of hydrogen-bond donors (Lipinski definition) is 12. The standard InChI is InChI=1S/C43H66N10O12/c1-7-24(6)36(53-39(60)29(12-14-34(45)55)49-38(59)30(13-15-35(56)57)48-37(58)28(44)16-22(2)3)42(63)51-31(18-25-8-10-27(54)11-9-25)40(61)50-32(19-26-20-46-21-47-26)41(62)52-33(43(64)65)17-23(4)5/h8-11,20-24,28-33,36,54H,7,12-19,44H2,1-6H3,(H2,45,55)(H,46,47)(H,48,58)(H,49,59)(H,50,61)(H,51,63)(H,52,62)(H,53,60)(H,56,57)(H,64,65)/t24-,28-,29-,30-,31-,32-,33-,36-/m0/s1. The Bertz CT molecular complexity index is 1930. The average molecular weight is 915 g/mol. The molecular formula is C43H66N10O12. The molecule has 0 fully saturated rings. The molecular weight excluding hydrogens is 849 g/mol. The Morgan fingerprint density at radius 3 is 1.65 bits per heavy atom. The largest absolute Gasteiger partial charge is 0.508 e. The monoisotopic (exact) mass is 914 g/mol. The molecule has 0 aliphatic rings. The Kier molecular flexibility index (Phi) is 22.6. The Balaban J connectivity index is 2.49. The summed E-state index contributed by atoms with van der Waals surface area (Å²) in [6.45, 7) is 10.6. The molecule has 8 atom stereocenters. The number of hydrogen-bond acceptors (Lipinski definition) is 12. The number of benzene rings is 1. The zero-order valence-electron chi connectivity index (χ0n) is 37.7. The quantitative estimate of drug-likeness (QED) is 0.0489. The van der Waals surface area contributed by atoms with E-state index in [1.54, 1.807) is 27.7 Å². The minimum atomic E-state index is -1.54. The molecule has 7 amide bonds. The zero-order chi connectivity index (χ0) is 49.0. The number of aliphatic carboxylic acids is 2. The van der Waals surface area contributed by atoms with Crippen LogP contribution in [-0.4, -0.2) is 121 Å². The number of rotatable bonds is 29. The fourth-order valence-electron chi connectivity index (χ4n) is 6.62. The van der Waals surface area contributed by atoms with Crippen molar-refractivity contribution in [2.75, 3.05) is 0 Å². The molecule has 0 aliphatic carbocycles. The van der Waals surface area contributed by atoms with Gasteiger partial charge >= 0.3 is 11.9 Å². The van der Waals surface area contributed by atoms with Crippen molar-refractivity contribution in [1.82, 2.24) is 41.9 Å². The molecule has 2 rings (SSSR count). The van der Waals surface area contributed by atoms with Gasteiger partial charge in [-0.3, -0.25) is 38.4 Å². The molecule has 1 aromatic carbocycles. The van der Waals surface area contributed by atoms with Gasteiger partial charge < -0.3 is 63.7 Å². The zero-order valence-corrected chi connectivity index (χ0v) is 37.7. The second-order valence-electron chi connectivity index (χ2n) is 17.0. The van der Waals surface area contributed by atoms with Crippen LogP contribution in [0.3, 0.4) is 0 Å². The lowest BCUT2D eigenvalue weighted by Gasteiger charge is -2.29. The summed E-state index contributed by atoms with van der Waals surface area (Å²) in [5, 5.41) is 44.3. The molecule has 2 aromatic rings. The van der Waals surface area contributed by atoms with Gasteiger partial charge in [0.05, 0.1) is 12.4 Å². The third-order valence-corrected chi connectivity index (χ3v) is 10.4. The minimum Gasteiger partial charge on any atom is -0.508 e. The maximum atomic E-state index is 14.3. The summed E-state index contributed by atoms with van der Waals surface area (Å²) >= 11 is 0. The van der Waals surface area contributed by atoms with E-state index in [0.717, 1.165) is 0 Å². The normalized spacial score (nSPS) is 14.9. The summed E-state index contributed by atoms with van der Waals surface area (Å²) in [4.78, 5) is 125. The van der Waals surface area contributed by atoms with Gasteiger partial charge in [0, 0.05) is 37.6 Å². The first-order valence-electron chi connectivity index (χ1n) is 21.6. The molecule has 0 unspecified atom stereocenters. The number of imidazole rings is 1. The van der Waals surface area contributed by atoms with Crippen LogP contribution in [0.2, 0.25) is 0 Å². The number of H-pyrrole nitrogens is 1. The van der Waals surface area contributed by atoms with Crippen LogP contribution in [0.15, 0.2) is 36.8 Å². The Morgan fingerprint density at radius 1 is 0.646 bits per heavy atom. The molecule has 0 saturated carbocycles. The number of carbonyl (C=O) groups is 9. The summed E-state index contributed by atoms with van der Waals surface area (Å²) in [5.74, 6) is -9.39. The van der Waals surface area contributed by atoms with Crippen LogP contribution in [0.1, 0.15) is 97.7 Å². The van der Waals surface area contributed by atoms with Crippen LogP contribution < -0.4 is 43.4 Å². The Hall–Kier alpha value is -6.58. The van der Waals surface area contributed by atoms with Gasteiger partial charge in [0.1, 0.15) is 42.0 Å². The van der Waals surface area contributed by atoms with E-state index in [9.17, 15) is 58.5 Å². The molecule has 0 aliphatic heterocycles. The minimum absolute atomic E-state index is 0.0148. The number of carboxylic acids is 2. The van der Waals surface area contributed by atoms with Gasteiger partial charge in [-0.25, -0.2) is 9.78 Å². The Labute approximate surface area is 377 Å². The summed E-state index contributed by atoms with van der Waals surface area (Å²) in [7, 11) is 0. The summed E-state index contributed by atoms with van der Waals surface area (Å²) in [5.41, 5.74) is 12.3. The maximum absolute atomic E-state index is 14.3. The van der Waals surface area contributed by atoms with E-state index in [0.29, 0.717) is 17.7 Å². The third-order valence-electron chi connectivity index (χ3n) is 10.4. The van der Waals surface area contributed by atoms with Gasteiger partial charge in [-0.05, 0) is 61.1 Å². The van der Waals surface area contributed by atoms with Crippen LogP contribution in [0.4, 0.5) is 0 Å². The first-order chi connectivity index (χ1) is 30.5. The van der Waals surface area contributed by atoms with Gasteiger partial charge in [0.2, 0.25) is 41.4 Å². The van der Waals surface area contributed by atoms with Gasteiger partial charge in [-0.15, -0.1) is 0 Å². The lowest BCUT2D eigenvalue weighted by Crippen LogP contribution is -2.61. The number of aromatic amines is 1. The number of carbonyl (C=O) groups excluding carboxylic acids is 7. The second kappa shape index (κ2) is 26.9. The lowest BCUT2D eigenvalue weighted by molar-refractivity contribution is -0.143. The van der Waals surface area contributed by atoms with Crippen molar-refractivity contribution in [3.8, 4) is 5.75 Å². The number of phenolic OH excluding ortho intramolecular Hbond substituents is 1. The molecule has 22 heteroatoms. The van der Waals surface area contributed by atoms with Crippen molar-refractivity contribution in [2.24, 2.45) is 29.2 Å². The van der Waals surface area contributed by atoms with E-state index in [-0.39, 0.29) is 56.1 Å². The molecule has 360 valence electrons. The number of aromatic hydroxyl groups is 1. The van der Waals surface area contributed by atoms with Crippen molar-refractivity contribution >= 4 is 53.3 Å². The van der Waals surface area contributed by atoms with E-state index >= 15 is 0 Å². The number of nitrogens with zero attached hydrogens (tertiary/aromatic N) is 1. The van der Waals surface area contributed by atoms with Gasteiger partial charge in [-0.2, -0.15) is 0 Å². The highest BCUT2D eigenvalue weighted by Gasteiger charge is 2.36. The summed E-state index contributed by atoms with van der Waals surface area (Å²) in [6.07, 6.45) is 1.39.